The number of hydrogen-bond acceptors (Lipinski definition) is 3. The summed E-state index contributed by atoms with van der Waals surface area (Å²) >= 11 is 5.57. The van der Waals surface area contributed by atoms with Gasteiger partial charge < -0.3 is 10.1 Å². The van der Waals surface area contributed by atoms with Gasteiger partial charge >= 0.3 is 5.97 Å². The Balaban J connectivity index is 2.62. The Morgan fingerprint density at radius 1 is 1.62 bits per heavy atom. The van der Waals surface area contributed by atoms with Crippen LogP contribution in [0.1, 0.15) is 18.5 Å². The van der Waals surface area contributed by atoms with Crippen LogP contribution in [-0.2, 0) is 9.53 Å². The zero-order valence-electron chi connectivity index (χ0n) is 9.09. The molecule has 0 bridgehead atoms. The third-order valence-corrected chi connectivity index (χ3v) is 2.53. The molecular weight excluding hydrogens is 233 g/mol. The minimum Gasteiger partial charge on any atom is -0.468 e. The second-order valence-electron chi connectivity index (χ2n) is 3.35. The predicted octanol–water partition coefficient (Wildman–Crippen LogP) is 2.30. The van der Waals surface area contributed by atoms with Crippen molar-refractivity contribution in [2.75, 3.05) is 13.7 Å². The Labute approximate surface area is 98.5 Å². The average molecular weight is 246 g/mol. The van der Waals surface area contributed by atoms with Crippen molar-refractivity contribution in [3.63, 3.8) is 0 Å². The van der Waals surface area contributed by atoms with Gasteiger partial charge in [0.05, 0.1) is 18.7 Å². The summed E-state index contributed by atoms with van der Waals surface area (Å²) in [5.74, 6) is -0.827. The number of halogens is 2. The third-order valence-electron chi connectivity index (χ3n) is 2.22. The van der Waals surface area contributed by atoms with Crippen LogP contribution < -0.4 is 5.32 Å². The van der Waals surface area contributed by atoms with Gasteiger partial charge in [-0.05, 0) is 24.6 Å². The zero-order valence-corrected chi connectivity index (χ0v) is 9.84. The van der Waals surface area contributed by atoms with Gasteiger partial charge in [-0.1, -0.05) is 17.7 Å². The van der Waals surface area contributed by atoms with Gasteiger partial charge in [-0.2, -0.15) is 0 Å². The quantitative estimate of drug-likeness (QED) is 0.828. The lowest BCUT2D eigenvalue weighted by molar-refractivity contribution is -0.139. The van der Waals surface area contributed by atoms with Gasteiger partial charge in [0.2, 0.25) is 0 Å². The summed E-state index contributed by atoms with van der Waals surface area (Å²) in [7, 11) is 1.32. The highest BCUT2D eigenvalue weighted by Gasteiger charge is 2.09. The highest BCUT2D eigenvalue weighted by atomic mass is 35.5. The van der Waals surface area contributed by atoms with Gasteiger partial charge in [-0.3, -0.25) is 4.79 Å². The van der Waals surface area contributed by atoms with Gasteiger partial charge in [-0.15, -0.1) is 0 Å². The van der Waals surface area contributed by atoms with Gasteiger partial charge in [0.25, 0.3) is 0 Å². The Morgan fingerprint density at radius 2 is 2.31 bits per heavy atom. The molecule has 1 atom stereocenters. The molecule has 0 aliphatic carbocycles. The van der Waals surface area contributed by atoms with Crippen LogP contribution in [0, 0.1) is 5.82 Å². The van der Waals surface area contributed by atoms with Crippen molar-refractivity contribution in [2.24, 2.45) is 0 Å². The van der Waals surface area contributed by atoms with Crippen molar-refractivity contribution >= 4 is 17.6 Å². The molecule has 5 heteroatoms. The maximum atomic E-state index is 13.2. The van der Waals surface area contributed by atoms with Gasteiger partial charge in [0, 0.05) is 6.04 Å². The van der Waals surface area contributed by atoms with Crippen LogP contribution in [0.2, 0.25) is 5.02 Å². The molecule has 0 aliphatic rings. The predicted molar refractivity (Wildman–Crippen MR) is 59.8 cm³/mol. The number of esters is 1. The zero-order chi connectivity index (χ0) is 12.1. The van der Waals surface area contributed by atoms with Crippen molar-refractivity contribution in [2.45, 2.75) is 13.0 Å². The summed E-state index contributed by atoms with van der Waals surface area (Å²) in [5.41, 5.74) is 0.728. The Kier molecular flexibility index (Phi) is 4.71. The lowest BCUT2D eigenvalue weighted by atomic mass is 10.1. The number of rotatable bonds is 4. The maximum absolute atomic E-state index is 13.2. The Bertz CT molecular complexity index is 384. The molecule has 1 rings (SSSR count). The first-order valence-electron chi connectivity index (χ1n) is 4.79. The molecule has 16 heavy (non-hydrogen) atoms. The summed E-state index contributed by atoms with van der Waals surface area (Å²) < 4.78 is 17.6. The van der Waals surface area contributed by atoms with E-state index in [0.717, 1.165) is 5.56 Å². The first-order valence-corrected chi connectivity index (χ1v) is 5.17. The van der Waals surface area contributed by atoms with Gasteiger partial charge in [0.15, 0.2) is 0 Å². The molecule has 0 radical (unpaired) electrons. The molecule has 0 fully saturated rings. The summed E-state index contributed by atoms with van der Waals surface area (Å²) in [6.07, 6.45) is 0. The molecule has 3 nitrogen and oxygen atoms in total. The van der Waals surface area contributed by atoms with Crippen LogP contribution in [0.4, 0.5) is 4.39 Å². The maximum Gasteiger partial charge on any atom is 0.319 e. The van der Waals surface area contributed by atoms with Crippen LogP contribution in [-0.4, -0.2) is 19.6 Å². The lowest BCUT2D eigenvalue weighted by Crippen LogP contribution is -2.26. The topological polar surface area (TPSA) is 38.3 Å². The van der Waals surface area contributed by atoms with Crippen molar-refractivity contribution in [1.82, 2.24) is 5.32 Å². The minimum atomic E-state index is -0.467. The molecule has 0 heterocycles. The molecule has 1 unspecified atom stereocenters. The highest BCUT2D eigenvalue weighted by molar-refractivity contribution is 6.30. The number of nitrogens with one attached hydrogen (secondary N) is 1. The largest absolute Gasteiger partial charge is 0.468 e. The molecule has 1 aromatic rings. The number of hydrogen-bond donors (Lipinski definition) is 1. The van der Waals surface area contributed by atoms with Crippen molar-refractivity contribution in [3.05, 3.63) is 34.6 Å². The Hall–Kier alpha value is -1.13. The monoisotopic (exact) mass is 245 g/mol. The fourth-order valence-corrected chi connectivity index (χ4v) is 1.33. The SMILES string of the molecule is COC(=O)CNC(C)c1ccc(Cl)c(F)c1. The fraction of sp³-hybridized carbons (Fsp3) is 0.364. The highest BCUT2D eigenvalue weighted by Crippen LogP contribution is 2.19. The summed E-state index contributed by atoms with van der Waals surface area (Å²) in [5, 5.41) is 3.00. The standard InChI is InChI=1S/C11H13ClFNO2/c1-7(14-6-11(15)16-2)8-3-4-9(12)10(13)5-8/h3-5,7,14H,6H2,1-2H3. The van der Waals surface area contributed by atoms with Crippen LogP contribution in [0.3, 0.4) is 0 Å². The van der Waals surface area contributed by atoms with Crippen LogP contribution in [0.25, 0.3) is 0 Å². The Morgan fingerprint density at radius 3 is 2.88 bits per heavy atom. The number of ether oxygens (including phenoxy) is 1. The normalized spacial score (nSPS) is 12.2. The van der Waals surface area contributed by atoms with Crippen molar-refractivity contribution in [1.29, 1.82) is 0 Å². The van der Waals surface area contributed by atoms with Crippen LogP contribution in [0.5, 0.6) is 0 Å². The van der Waals surface area contributed by atoms with Crippen LogP contribution in [0.15, 0.2) is 18.2 Å². The second kappa shape index (κ2) is 5.82. The lowest BCUT2D eigenvalue weighted by Gasteiger charge is -2.13. The van der Waals surface area contributed by atoms with E-state index in [1.54, 1.807) is 6.07 Å². The van der Waals surface area contributed by atoms with E-state index in [1.807, 2.05) is 6.92 Å². The minimum absolute atomic E-state index is 0.0852. The average Bonchev–Trinajstić information content (AvgIpc) is 2.29. The molecule has 0 amide bonds. The van der Waals surface area contributed by atoms with Crippen LogP contribution >= 0.6 is 11.6 Å². The second-order valence-corrected chi connectivity index (χ2v) is 3.76. The molecule has 0 aromatic heterocycles. The van der Waals surface area contributed by atoms with Crippen molar-refractivity contribution in [3.8, 4) is 0 Å². The molecular formula is C11H13ClFNO2. The number of carbonyl (C=O) groups is 1. The smallest absolute Gasteiger partial charge is 0.319 e. The molecule has 0 spiro atoms. The molecule has 1 aromatic carbocycles. The summed E-state index contributed by atoms with van der Waals surface area (Å²) in [6.45, 7) is 1.91. The first-order chi connectivity index (χ1) is 7.54. The van der Waals surface area contributed by atoms with E-state index in [9.17, 15) is 9.18 Å². The van der Waals surface area contributed by atoms with Gasteiger partial charge in [0.1, 0.15) is 5.82 Å². The third kappa shape index (κ3) is 3.47. The summed E-state index contributed by atoms with van der Waals surface area (Å²) in [6, 6.07) is 4.39. The van der Waals surface area contributed by atoms with Gasteiger partial charge in [-0.25, -0.2) is 4.39 Å². The van der Waals surface area contributed by atoms with E-state index in [-0.39, 0.29) is 23.6 Å². The fourth-order valence-electron chi connectivity index (χ4n) is 1.21. The molecule has 0 saturated carbocycles. The molecule has 0 saturated heterocycles. The summed E-state index contributed by atoms with van der Waals surface area (Å²) in [4.78, 5) is 10.9. The number of methoxy groups -OCH3 is 1. The number of carbonyl (C=O) groups excluding carboxylic acids is 1. The molecule has 0 aliphatic heterocycles. The molecule has 1 N–H and O–H groups in total. The van der Waals surface area contributed by atoms with Crippen molar-refractivity contribution < 1.29 is 13.9 Å². The van der Waals surface area contributed by atoms with E-state index in [0.29, 0.717) is 0 Å². The number of benzene rings is 1. The van der Waals surface area contributed by atoms with E-state index >= 15 is 0 Å². The van der Waals surface area contributed by atoms with E-state index < -0.39 is 5.82 Å². The van der Waals surface area contributed by atoms with E-state index in [2.05, 4.69) is 10.1 Å². The van der Waals surface area contributed by atoms with E-state index in [4.69, 9.17) is 11.6 Å². The first kappa shape index (κ1) is 12.9. The molecule has 88 valence electrons. The van der Waals surface area contributed by atoms with E-state index in [1.165, 1.54) is 19.2 Å².